The molecule has 2 fully saturated rings. The highest BCUT2D eigenvalue weighted by molar-refractivity contribution is 5.73. The van der Waals surface area contributed by atoms with Gasteiger partial charge in [0.1, 0.15) is 0 Å². The quantitative estimate of drug-likeness (QED) is 0.858. The predicted molar refractivity (Wildman–Crippen MR) is 82.6 cm³/mol. The third kappa shape index (κ3) is 5.41. The van der Waals surface area contributed by atoms with E-state index in [1.165, 1.54) is 64.5 Å². The van der Waals surface area contributed by atoms with Gasteiger partial charge in [0.15, 0.2) is 0 Å². The first kappa shape index (κ1) is 15.8. The van der Waals surface area contributed by atoms with E-state index in [9.17, 15) is 4.79 Å². The van der Waals surface area contributed by atoms with E-state index in [0.717, 1.165) is 19.6 Å². The molecule has 1 atom stereocenters. The van der Waals surface area contributed by atoms with Crippen molar-refractivity contribution in [2.24, 2.45) is 0 Å². The monoisotopic (exact) mass is 281 g/mol. The zero-order valence-electron chi connectivity index (χ0n) is 13.1. The van der Waals surface area contributed by atoms with E-state index in [4.69, 9.17) is 0 Å². The van der Waals surface area contributed by atoms with Gasteiger partial charge in [0.25, 0.3) is 0 Å². The third-order valence-corrected chi connectivity index (χ3v) is 4.58. The van der Waals surface area contributed by atoms with E-state index in [0.29, 0.717) is 0 Å². The molecule has 2 aliphatic heterocycles. The van der Waals surface area contributed by atoms with Crippen LogP contribution in [0.1, 0.15) is 58.3 Å². The van der Waals surface area contributed by atoms with Gasteiger partial charge in [0.05, 0.1) is 6.17 Å². The van der Waals surface area contributed by atoms with Crippen molar-refractivity contribution in [2.45, 2.75) is 64.5 Å². The molecule has 2 aliphatic rings. The SMILES string of the molecule is CC(=O)NC(CN1CCCCCC1)N1CCCCCC1. The van der Waals surface area contributed by atoms with E-state index in [1.54, 1.807) is 6.92 Å². The molecular formula is C16H31N3O. The Morgan fingerprint density at radius 2 is 1.40 bits per heavy atom. The lowest BCUT2D eigenvalue weighted by atomic mass is 10.2. The van der Waals surface area contributed by atoms with E-state index in [1.807, 2.05) is 0 Å². The highest BCUT2D eigenvalue weighted by atomic mass is 16.1. The van der Waals surface area contributed by atoms with Crippen LogP contribution in [0.2, 0.25) is 0 Å². The van der Waals surface area contributed by atoms with Gasteiger partial charge in [-0.1, -0.05) is 25.7 Å². The number of amides is 1. The number of hydrogen-bond donors (Lipinski definition) is 1. The fourth-order valence-corrected chi connectivity index (χ4v) is 3.46. The Balaban J connectivity index is 1.92. The summed E-state index contributed by atoms with van der Waals surface area (Å²) in [5, 5.41) is 3.19. The van der Waals surface area contributed by atoms with Crippen molar-refractivity contribution >= 4 is 5.91 Å². The van der Waals surface area contributed by atoms with Gasteiger partial charge in [0.2, 0.25) is 5.91 Å². The van der Waals surface area contributed by atoms with Crippen LogP contribution in [-0.2, 0) is 4.79 Å². The summed E-state index contributed by atoms with van der Waals surface area (Å²) in [4.78, 5) is 16.6. The Morgan fingerprint density at radius 3 is 1.90 bits per heavy atom. The minimum absolute atomic E-state index is 0.106. The van der Waals surface area contributed by atoms with Gasteiger partial charge in [-0.25, -0.2) is 0 Å². The van der Waals surface area contributed by atoms with Gasteiger partial charge < -0.3 is 5.32 Å². The summed E-state index contributed by atoms with van der Waals surface area (Å²) < 4.78 is 0. The van der Waals surface area contributed by atoms with E-state index in [2.05, 4.69) is 15.1 Å². The van der Waals surface area contributed by atoms with Crippen molar-refractivity contribution in [3.63, 3.8) is 0 Å². The number of nitrogens with one attached hydrogen (secondary N) is 1. The molecule has 0 aliphatic carbocycles. The second kappa shape index (κ2) is 8.63. The molecule has 2 rings (SSSR count). The average Bonchev–Trinajstić information content (AvgIpc) is 2.81. The zero-order chi connectivity index (χ0) is 14.2. The summed E-state index contributed by atoms with van der Waals surface area (Å²) in [7, 11) is 0. The molecule has 4 heteroatoms. The van der Waals surface area contributed by atoms with Crippen molar-refractivity contribution in [2.75, 3.05) is 32.7 Å². The summed E-state index contributed by atoms with van der Waals surface area (Å²) in [5.41, 5.74) is 0. The fourth-order valence-electron chi connectivity index (χ4n) is 3.46. The van der Waals surface area contributed by atoms with Crippen molar-refractivity contribution in [3.05, 3.63) is 0 Å². The van der Waals surface area contributed by atoms with Crippen LogP contribution in [0, 0.1) is 0 Å². The maximum atomic E-state index is 11.5. The maximum absolute atomic E-state index is 11.5. The van der Waals surface area contributed by atoms with Crippen LogP contribution >= 0.6 is 0 Å². The van der Waals surface area contributed by atoms with Crippen molar-refractivity contribution in [1.29, 1.82) is 0 Å². The normalized spacial score (nSPS) is 24.6. The summed E-state index contributed by atoms with van der Waals surface area (Å²) in [6.07, 6.45) is 10.8. The minimum Gasteiger partial charge on any atom is -0.340 e. The maximum Gasteiger partial charge on any atom is 0.218 e. The second-order valence-electron chi connectivity index (χ2n) is 6.38. The summed E-state index contributed by atoms with van der Waals surface area (Å²) in [6, 6.07) is 0. The van der Waals surface area contributed by atoms with Crippen LogP contribution in [0.3, 0.4) is 0 Å². The first-order valence-corrected chi connectivity index (χ1v) is 8.49. The third-order valence-electron chi connectivity index (χ3n) is 4.58. The number of carbonyl (C=O) groups is 1. The molecule has 2 heterocycles. The lowest BCUT2D eigenvalue weighted by Crippen LogP contribution is -2.54. The molecule has 0 spiro atoms. The van der Waals surface area contributed by atoms with E-state index >= 15 is 0 Å². The van der Waals surface area contributed by atoms with Gasteiger partial charge >= 0.3 is 0 Å². The largest absolute Gasteiger partial charge is 0.340 e. The van der Waals surface area contributed by atoms with Crippen LogP contribution < -0.4 is 5.32 Å². The Morgan fingerprint density at radius 1 is 0.900 bits per heavy atom. The molecule has 1 amide bonds. The molecule has 1 N–H and O–H groups in total. The lowest BCUT2D eigenvalue weighted by molar-refractivity contribution is -0.121. The number of nitrogens with zero attached hydrogens (tertiary/aromatic N) is 2. The summed E-state index contributed by atoms with van der Waals surface area (Å²) >= 11 is 0. The Kier molecular flexibility index (Phi) is 6.80. The average molecular weight is 281 g/mol. The molecule has 0 aromatic carbocycles. The molecule has 4 nitrogen and oxygen atoms in total. The van der Waals surface area contributed by atoms with Gasteiger partial charge in [0, 0.05) is 26.6 Å². The fraction of sp³-hybridized carbons (Fsp3) is 0.938. The Hall–Kier alpha value is -0.610. The van der Waals surface area contributed by atoms with Gasteiger partial charge in [-0.3, -0.25) is 14.6 Å². The molecule has 20 heavy (non-hydrogen) atoms. The first-order valence-electron chi connectivity index (χ1n) is 8.49. The van der Waals surface area contributed by atoms with Gasteiger partial charge in [-0.15, -0.1) is 0 Å². The van der Waals surface area contributed by atoms with E-state index < -0.39 is 0 Å². The molecule has 0 aromatic rings. The smallest absolute Gasteiger partial charge is 0.218 e. The van der Waals surface area contributed by atoms with Crippen molar-refractivity contribution < 1.29 is 4.79 Å². The van der Waals surface area contributed by atoms with Gasteiger partial charge in [-0.2, -0.15) is 0 Å². The highest BCUT2D eigenvalue weighted by Gasteiger charge is 2.23. The van der Waals surface area contributed by atoms with Crippen LogP contribution in [0.4, 0.5) is 0 Å². The number of likely N-dealkylation sites (tertiary alicyclic amines) is 2. The molecule has 1 unspecified atom stereocenters. The molecular weight excluding hydrogens is 250 g/mol. The van der Waals surface area contributed by atoms with Crippen molar-refractivity contribution in [3.8, 4) is 0 Å². The molecule has 0 saturated carbocycles. The number of hydrogen-bond acceptors (Lipinski definition) is 3. The Bertz CT molecular complexity index is 279. The zero-order valence-corrected chi connectivity index (χ0v) is 13.1. The molecule has 0 radical (unpaired) electrons. The van der Waals surface area contributed by atoms with Crippen LogP contribution in [0.5, 0.6) is 0 Å². The summed E-state index contributed by atoms with van der Waals surface area (Å²) in [6.45, 7) is 7.32. The van der Waals surface area contributed by atoms with Crippen LogP contribution in [-0.4, -0.2) is 54.6 Å². The number of carbonyl (C=O) groups excluding carboxylic acids is 1. The molecule has 0 bridgehead atoms. The topological polar surface area (TPSA) is 35.6 Å². The Labute approximate surface area is 123 Å². The minimum atomic E-state index is 0.106. The molecule has 116 valence electrons. The highest BCUT2D eigenvalue weighted by Crippen LogP contribution is 2.15. The molecule has 2 saturated heterocycles. The standard InChI is InChI=1S/C16H31N3O/c1-15(20)17-16(19-12-8-4-5-9-13-19)14-18-10-6-2-3-7-11-18/h16H,2-14H2,1H3,(H,17,20). The molecule has 0 aromatic heterocycles. The number of rotatable bonds is 4. The predicted octanol–water partition coefficient (Wildman–Crippen LogP) is 2.20. The first-order chi connectivity index (χ1) is 9.75. The summed E-state index contributed by atoms with van der Waals surface area (Å²) in [5.74, 6) is 0.106. The van der Waals surface area contributed by atoms with Crippen LogP contribution in [0.15, 0.2) is 0 Å². The van der Waals surface area contributed by atoms with Gasteiger partial charge in [-0.05, 0) is 38.8 Å². The van der Waals surface area contributed by atoms with Crippen molar-refractivity contribution in [1.82, 2.24) is 15.1 Å². The lowest BCUT2D eigenvalue weighted by Gasteiger charge is -2.35. The van der Waals surface area contributed by atoms with Crippen LogP contribution in [0.25, 0.3) is 0 Å². The van der Waals surface area contributed by atoms with E-state index in [-0.39, 0.29) is 12.1 Å². The second-order valence-corrected chi connectivity index (χ2v) is 6.38.